The van der Waals surface area contributed by atoms with Gasteiger partial charge in [-0.2, -0.15) is 0 Å². The van der Waals surface area contributed by atoms with Gasteiger partial charge in [-0.3, -0.25) is 19.8 Å². The maximum Gasteiger partial charge on any atom is 0.328 e. The maximum absolute atomic E-state index is 13.1. The van der Waals surface area contributed by atoms with Gasteiger partial charge in [-0.25, -0.2) is 4.68 Å². The third-order valence-corrected chi connectivity index (χ3v) is 5.85. The van der Waals surface area contributed by atoms with Crippen LogP contribution >= 0.6 is 23.2 Å². The normalized spacial score (nSPS) is 10.7. The number of unbranched alkanes of at least 4 members (excludes halogenated alkanes) is 1. The van der Waals surface area contributed by atoms with Gasteiger partial charge in [0.15, 0.2) is 0 Å². The highest BCUT2D eigenvalue weighted by molar-refractivity contribution is 6.42. The second-order valence-electron chi connectivity index (χ2n) is 8.15. The molecule has 0 radical (unpaired) electrons. The van der Waals surface area contributed by atoms with Crippen LogP contribution in [0.5, 0.6) is 5.75 Å². The Morgan fingerprint density at radius 2 is 1.59 bits per heavy atom. The van der Waals surface area contributed by atoms with Crippen molar-refractivity contribution in [2.24, 2.45) is 0 Å². The second kappa shape index (κ2) is 11.8. The fourth-order valence-electron chi connectivity index (χ4n) is 3.54. The van der Waals surface area contributed by atoms with E-state index in [9.17, 15) is 14.4 Å². The molecular formula is C27H24Cl2N4O4. The van der Waals surface area contributed by atoms with Gasteiger partial charge in [-0.1, -0.05) is 42.6 Å². The van der Waals surface area contributed by atoms with E-state index in [-0.39, 0.29) is 5.69 Å². The van der Waals surface area contributed by atoms with Crippen LogP contribution in [0.4, 0.5) is 11.4 Å². The Kier molecular flexibility index (Phi) is 8.32. The van der Waals surface area contributed by atoms with E-state index in [2.05, 4.69) is 23.0 Å². The predicted octanol–water partition coefficient (Wildman–Crippen LogP) is 6.09. The molecule has 0 aliphatic rings. The molecule has 4 aromatic rings. The third-order valence-electron chi connectivity index (χ3n) is 5.38. The number of hydrogen-bond donors (Lipinski definition) is 3. The molecule has 4 rings (SSSR count). The van der Waals surface area contributed by atoms with Gasteiger partial charge in [0.05, 0.1) is 12.1 Å². The van der Waals surface area contributed by atoms with Crippen molar-refractivity contribution in [2.45, 2.75) is 19.8 Å². The standard InChI is InChI=1S/C27H24Cl2N4O4/c1-2-3-13-37-22-10-8-20(9-11-22)30-26(35)27(36)32-33-23-12-7-19(29)14-17(23)15-24(33)25(34)31-21-6-4-5-18(28)16-21/h4-12,14-16H,2-3,13H2,1H3,(H,30,35)(H,31,34)(H,32,36). The average Bonchev–Trinajstić information content (AvgIpc) is 3.22. The number of aromatic nitrogens is 1. The minimum Gasteiger partial charge on any atom is -0.494 e. The number of amides is 3. The number of hydrogen-bond acceptors (Lipinski definition) is 4. The van der Waals surface area contributed by atoms with Gasteiger partial charge in [-0.15, -0.1) is 0 Å². The van der Waals surface area contributed by atoms with Crippen LogP contribution < -0.4 is 20.8 Å². The lowest BCUT2D eigenvalue weighted by Gasteiger charge is -2.13. The molecule has 0 saturated carbocycles. The van der Waals surface area contributed by atoms with Gasteiger partial charge in [0.1, 0.15) is 11.4 Å². The summed E-state index contributed by atoms with van der Waals surface area (Å²) in [5.41, 5.74) is 3.97. The molecule has 0 aliphatic carbocycles. The third kappa shape index (κ3) is 6.61. The molecule has 1 aromatic heterocycles. The Morgan fingerprint density at radius 3 is 2.32 bits per heavy atom. The summed E-state index contributed by atoms with van der Waals surface area (Å²) >= 11 is 12.1. The summed E-state index contributed by atoms with van der Waals surface area (Å²) in [5, 5.41) is 6.79. The predicted molar refractivity (Wildman–Crippen MR) is 146 cm³/mol. The largest absolute Gasteiger partial charge is 0.494 e. The van der Waals surface area contributed by atoms with E-state index in [1.165, 1.54) is 4.68 Å². The summed E-state index contributed by atoms with van der Waals surface area (Å²) in [6.45, 7) is 2.68. The molecule has 0 unspecified atom stereocenters. The molecule has 0 bridgehead atoms. The first kappa shape index (κ1) is 26.1. The van der Waals surface area contributed by atoms with Crippen LogP contribution in [0, 0.1) is 0 Å². The van der Waals surface area contributed by atoms with Crippen LogP contribution in [-0.4, -0.2) is 29.0 Å². The van der Waals surface area contributed by atoms with Crippen LogP contribution in [0.1, 0.15) is 30.3 Å². The van der Waals surface area contributed by atoms with Crippen LogP contribution in [0.25, 0.3) is 10.9 Å². The molecule has 10 heteroatoms. The number of rotatable bonds is 8. The maximum atomic E-state index is 13.1. The summed E-state index contributed by atoms with van der Waals surface area (Å²) in [6.07, 6.45) is 1.97. The zero-order chi connectivity index (χ0) is 26.4. The van der Waals surface area contributed by atoms with Gasteiger partial charge in [-0.05, 0) is 73.2 Å². The first-order chi connectivity index (χ1) is 17.8. The molecule has 37 heavy (non-hydrogen) atoms. The average molecular weight is 539 g/mol. The number of nitrogens with zero attached hydrogens (tertiary/aromatic N) is 1. The van der Waals surface area contributed by atoms with E-state index in [1.54, 1.807) is 72.8 Å². The highest BCUT2D eigenvalue weighted by atomic mass is 35.5. The fraction of sp³-hybridized carbons (Fsp3) is 0.148. The lowest BCUT2D eigenvalue weighted by Crippen LogP contribution is -2.36. The van der Waals surface area contributed by atoms with Crippen molar-refractivity contribution in [3.63, 3.8) is 0 Å². The number of carbonyl (C=O) groups excluding carboxylic acids is 3. The zero-order valence-electron chi connectivity index (χ0n) is 19.9. The minimum atomic E-state index is -0.965. The number of ether oxygens (including phenoxy) is 1. The van der Waals surface area contributed by atoms with Gasteiger partial charge >= 0.3 is 11.8 Å². The highest BCUT2D eigenvalue weighted by Crippen LogP contribution is 2.24. The SMILES string of the molecule is CCCCOc1ccc(NC(=O)C(=O)Nn2c(C(=O)Nc3cccc(Cl)c3)cc3cc(Cl)ccc32)cc1. The van der Waals surface area contributed by atoms with Gasteiger partial charge in [0, 0.05) is 26.8 Å². The van der Waals surface area contributed by atoms with Crippen molar-refractivity contribution < 1.29 is 19.1 Å². The van der Waals surface area contributed by atoms with Crippen molar-refractivity contribution in [3.8, 4) is 5.75 Å². The molecule has 0 spiro atoms. The Morgan fingerprint density at radius 1 is 0.838 bits per heavy atom. The Labute approximate surface area is 223 Å². The highest BCUT2D eigenvalue weighted by Gasteiger charge is 2.21. The lowest BCUT2D eigenvalue weighted by atomic mass is 10.2. The van der Waals surface area contributed by atoms with E-state index >= 15 is 0 Å². The van der Waals surface area contributed by atoms with Crippen molar-refractivity contribution in [1.82, 2.24) is 4.68 Å². The second-order valence-corrected chi connectivity index (χ2v) is 9.03. The first-order valence-electron chi connectivity index (χ1n) is 11.6. The molecule has 190 valence electrons. The zero-order valence-corrected chi connectivity index (χ0v) is 21.4. The van der Waals surface area contributed by atoms with Gasteiger partial charge in [0.2, 0.25) is 0 Å². The van der Waals surface area contributed by atoms with Crippen LogP contribution in [-0.2, 0) is 9.59 Å². The van der Waals surface area contributed by atoms with Crippen molar-refractivity contribution >= 4 is 63.2 Å². The summed E-state index contributed by atoms with van der Waals surface area (Å²) in [5.74, 6) is -1.72. The van der Waals surface area contributed by atoms with Crippen molar-refractivity contribution in [2.75, 3.05) is 22.7 Å². The molecule has 3 N–H and O–H groups in total. The Hall–Kier alpha value is -4.01. The van der Waals surface area contributed by atoms with Crippen molar-refractivity contribution in [3.05, 3.63) is 88.5 Å². The number of halogens is 2. The molecule has 0 atom stereocenters. The lowest BCUT2D eigenvalue weighted by molar-refractivity contribution is -0.133. The van der Waals surface area contributed by atoms with E-state index in [1.807, 2.05) is 0 Å². The molecule has 0 saturated heterocycles. The van der Waals surface area contributed by atoms with E-state index < -0.39 is 17.7 Å². The van der Waals surface area contributed by atoms with Crippen LogP contribution in [0.3, 0.4) is 0 Å². The Balaban J connectivity index is 1.52. The summed E-state index contributed by atoms with van der Waals surface area (Å²) in [7, 11) is 0. The van der Waals surface area contributed by atoms with Crippen LogP contribution in [0.15, 0.2) is 72.8 Å². The summed E-state index contributed by atoms with van der Waals surface area (Å²) in [6, 6.07) is 19.8. The van der Waals surface area contributed by atoms with E-state index in [4.69, 9.17) is 27.9 Å². The van der Waals surface area contributed by atoms with Gasteiger partial charge in [0.25, 0.3) is 5.91 Å². The molecule has 0 fully saturated rings. The number of fused-ring (bicyclic) bond motifs is 1. The van der Waals surface area contributed by atoms with Gasteiger partial charge < -0.3 is 15.4 Å². The number of anilines is 2. The van der Waals surface area contributed by atoms with E-state index in [0.717, 1.165) is 12.8 Å². The molecule has 3 amide bonds. The number of nitrogens with one attached hydrogen (secondary N) is 3. The fourth-order valence-corrected chi connectivity index (χ4v) is 3.92. The summed E-state index contributed by atoms with van der Waals surface area (Å²) in [4.78, 5) is 38.5. The quantitative estimate of drug-likeness (QED) is 0.186. The van der Waals surface area contributed by atoms with E-state index in [0.29, 0.717) is 44.7 Å². The molecule has 0 aliphatic heterocycles. The first-order valence-corrected chi connectivity index (χ1v) is 12.3. The number of benzene rings is 3. The molecule has 8 nitrogen and oxygen atoms in total. The van der Waals surface area contributed by atoms with Crippen LogP contribution in [0.2, 0.25) is 10.0 Å². The minimum absolute atomic E-state index is 0.0898. The monoisotopic (exact) mass is 538 g/mol. The molecule has 1 heterocycles. The van der Waals surface area contributed by atoms with Crippen molar-refractivity contribution in [1.29, 1.82) is 0 Å². The molecular weight excluding hydrogens is 515 g/mol. The Bertz CT molecular complexity index is 1450. The smallest absolute Gasteiger partial charge is 0.328 e. The topological polar surface area (TPSA) is 101 Å². The molecule has 3 aromatic carbocycles. The number of carbonyl (C=O) groups is 3. The summed E-state index contributed by atoms with van der Waals surface area (Å²) < 4.78 is 6.86.